The highest BCUT2D eigenvalue weighted by atomic mass is 35.5. The first-order valence-corrected chi connectivity index (χ1v) is 10.6. The lowest BCUT2D eigenvalue weighted by molar-refractivity contribution is -0.141. The Labute approximate surface area is 174 Å². The number of carbonyl (C=O) groups is 1. The summed E-state index contributed by atoms with van der Waals surface area (Å²) in [4.78, 5) is 14.0. The standard InChI is InChI=1S/C19H18ClF3N4OS/c1-9(27-15(10-6-7-10)14(20)16(26-27)19(21,22)23)17(28)25-18-12(8-24)11-4-2-3-5-13(11)29-18/h9-10H,2-7H2,1H3,(H,25,28). The minimum absolute atomic E-state index is 0.120. The third-order valence-corrected chi connectivity index (χ3v) is 6.97. The number of nitriles is 1. The van der Waals surface area contributed by atoms with Gasteiger partial charge in [-0.3, -0.25) is 9.48 Å². The van der Waals surface area contributed by atoms with Crippen molar-refractivity contribution >= 4 is 33.8 Å². The third-order valence-electron chi connectivity index (χ3n) is 5.39. The Balaban J connectivity index is 1.64. The molecular formula is C19H18ClF3N4OS. The zero-order valence-electron chi connectivity index (χ0n) is 15.6. The highest BCUT2D eigenvalue weighted by Crippen LogP contribution is 2.48. The molecule has 1 saturated carbocycles. The van der Waals surface area contributed by atoms with Gasteiger partial charge >= 0.3 is 6.18 Å². The molecule has 1 fully saturated rings. The Morgan fingerprint density at radius 2 is 2.07 bits per heavy atom. The molecule has 0 aromatic carbocycles. The molecule has 0 saturated heterocycles. The second-order valence-electron chi connectivity index (χ2n) is 7.46. The van der Waals surface area contributed by atoms with Crippen LogP contribution in [0.3, 0.4) is 0 Å². The van der Waals surface area contributed by atoms with Crippen LogP contribution >= 0.6 is 22.9 Å². The fourth-order valence-electron chi connectivity index (χ4n) is 3.73. The number of amides is 1. The van der Waals surface area contributed by atoms with Crippen LogP contribution in [0, 0.1) is 11.3 Å². The highest BCUT2D eigenvalue weighted by molar-refractivity contribution is 7.16. The Kier molecular flexibility index (Phi) is 5.11. The van der Waals surface area contributed by atoms with Gasteiger partial charge in [-0.15, -0.1) is 11.3 Å². The second kappa shape index (κ2) is 7.33. The van der Waals surface area contributed by atoms with Gasteiger partial charge in [0.2, 0.25) is 5.91 Å². The van der Waals surface area contributed by atoms with Crippen LogP contribution in [-0.2, 0) is 23.8 Å². The number of thiophene rings is 1. The van der Waals surface area contributed by atoms with Crippen molar-refractivity contribution in [1.82, 2.24) is 9.78 Å². The molecule has 5 nitrogen and oxygen atoms in total. The quantitative estimate of drug-likeness (QED) is 0.684. The van der Waals surface area contributed by atoms with E-state index < -0.39 is 28.8 Å². The Bertz CT molecular complexity index is 1020. The van der Waals surface area contributed by atoms with Crippen LogP contribution in [-0.4, -0.2) is 15.7 Å². The normalized spacial score (nSPS) is 17.5. The average Bonchev–Trinajstić information content (AvgIpc) is 3.34. The lowest BCUT2D eigenvalue weighted by Gasteiger charge is -2.15. The lowest BCUT2D eigenvalue weighted by atomic mass is 9.96. The summed E-state index contributed by atoms with van der Waals surface area (Å²) < 4.78 is 40.9. The molecule has 2 heterocycles. The summed E-state index contributed by atoms with van der Waals surface area (Å²) in [5.41, 5.74) is 0.534. The molecule has 0 radical (unpaired) electrons. The maximum Gasteiger partial charge on any atom is 0.436 e. The minimum atomic E-state index is -4.69. The van der Waals surface area contributed by atoms with E-state index in [0.29, 0.717) is 23.4 Å². The summed E-state index contributed by atoms with van der Waals surface area (Å²) in [6.45, 7) is 1.49. The Morgan fingerprint density at radius 1 is 1.38 bits per heavy atom. The molecule has 1 atom stereocenters. The van der Waals surface area contributed by atoms with E-state index in [1.54, 1.807) is 0 Å². The second-order valence-corrected chi connectivity index (χ2v) is 8.94. The molecule has 4 rings (SSSR count). The molecule has 1 unspecified atom stereocenters. The van der Waals surface area contributed by atoms with Crippen LogP contribution in [0.2, 0.25) is 5.02 Å². The van der Waals surface area contributed by atoms with Gasteiger partial charge in [-0.2, -0.15) is 23.5 Å². The van der Waals surface area contributed by atoms with Gasteiger partial charge in [0.25, 0.3) is 0 Å². The zero-order valence-corrected chi connectivity index (χ0v) is 17.1. The number of halogens is 4. The van der Waals surface area contributed by atoms with Gasteiger partial charge in [0.05, 0.1) is 16.3 Å². The fraction of sp³-hybridized carbons (Fsp3) is 0.526. The average molecular weight is 443 g/mol. The summed E-state index contributed by atoms with van der Waals surface area (Å²) in [6.07, 6.45) is 0.451. The van der Waals surface area contributed by atoms with Crippen molar-refractivity contribution in [3.8, 4) is 6.07 Å². The number of aryl methyl sites for hydroxylation is 1. The molecule has 2 aliphatic rings. The first kappa shape index (κ1) is 20.2. The Hall–Kier alpha value is -2.05. The monoisotopic (exact) mass is 442 g/mol. The third kappa shape index (κ3) is 3.64. The van der Waals surface area contributed by atoms with E-state index in [9.17, 15) is 23.2 Å². The van der Waals surface area contributed by atoms with E-state index in [0.717, 1.165) is 40.8 Å². The highest BCUT2D eigenvalue weighted by Gasteiger charge is 2.43. The van der Waals surface area contributed by atoms with E-state index >= 15 is 0 Å². The van der Waals surface area contributed by atoms with Crippen LogP contribution in [0.5, 0.6) is 0 Å². The van der Waals surface area contributed by atoms with Gasteiger partial charge in [-0.1, -0.05) is 11.6 Å². The van der Waals surface area contributed by atoms with Crippen LogP contribution in [0.15, 0.2) is 0 Å². The van der Waals surface area contributed by atoms with Crippen molar-refractivity contribution < 1.29 is 18.0 Å². The number of aromatic nitrogens is 2. The molecule has 0 aliphatic heterocycles. The summed E-state index contributed by atoms with van der Waals surface area (Å²) >= 11 is 7.37. The fourth-order valence-corrected chi connectivity index (χ4v) is 5.35. The topological polar surface area (TPSA) is 70.7 Å². The van der Waals surface area contributed by atoms with Crippen LogP contribution in [0.1, 0.15) is 72.0 Å². The van der Waals surface area contributed by atoms with Crippen molar-refractivity contribution in [3.63, 3.8) is 0 Å². The molecule has 1 N–H and O–H groups in total. The number of rotatable bonds is 4. The number of anilines is 1. The maximum absolute atomic E-state index is 13.3. The molecule has 1 amide bonds. The SMILES string of the molecule is CC(C(=O)Nc1sc2c(c1C#N)CCCC2)n1nc(C(F)(F)F)c(Cl)c1C1CC1. The molecule has 2 aliphatic carbocycles. The van der Waals surface area contributed by atoms with Crippen LogP contribution in [0.4, 0.5) is 18.2 Å². The van der Waals surface area contributed by atoms with E-state index in [4.69, 9.17) is 11.6 Å². The molecule has 0 bridgehead atoms. The van der Waals surface area contributed by atoms with Gasteiger partial charge in [-0.25, -0.2) is 0 Å². The van der Waals surface area contributed by atoms with Crippen molar-refractivity contribution in [3.05, 3.63) is 32.4 Å². The molecule has 2 aromatic rings. The smallest absolute Gasteiger partial charge is 0.315 e. The van der Waals surface area contributed by atoms with Crippen molar-refractivity contribution in [2.75, 3.05) is 5.32 Å². The van der Waals surface area contributed by atoms with Gasteiger partial charge in [0.15, 0.2) is 5.69 Å². The Morgan fingerprint density at radius 3 is 2.69 bits per heavy atom. The van der Waals surface area contributed by atoms with E-state index in [2.05, 4.69) is 16.5 Å². The lowest BCUT2D eigenvalue weighted by Crippen LogP contribution is -2.26. The molecule has 29 heavy (non-hydrogen) atoms. The number of hydrogen-bond acceptors (Lipinski definition) is 4. The predicted molar refractivity (Wildman–Crippen MR) is 103 cm³/mol. The van der Waals surface area contributed by atoms with Crippen molar-refractivity contribution in [2.24, 2.45) is 0 Å². The number of nitrogens with zero attached hydrogens (tertiary/aromatic N) is 3. The molecule has 0 spiro atoms. The number of nitrogens with one attached hydrogen (secondary N) is 1. The minimum Gasteiger partial charge on any atom is -0.315 e. The maximum atomic E-state index is 13.3. The summed E-state index contributed by atoms with van der Waals surface area (Å²) in [6, 6.07) is 1.17. The first-order chi connectivity index (χ1) is 13.7. The summed E-state index contributed by atoms with van der Waals surface area (Å²) in [5, 5.41) is 16.0. The van der Waals surface area contributed by atoms with E-state index in [1.165, 1.54) is 18.3 Å². The molecule has 2 aromatic heterocycles. The van der Waals surface area contributed by atoms with E-state index in [-0.39, 0.29) is 11.6 Å². The predicted octanol–water partition coefficient (Wildman–Crippen LogP) is 5.44. The summed E-state index contributed by atoms with van der Waals surface area (Å²) in [7, 11) is 0. The number of carbonyl (C=O) groups excluding carboxylic acids is 1. The van der Waals surface area contributed by atoms with Gasteiger partial charge in [0, 0.05) is 10.8 Å². The zero-order chi connectivity index (χ0) is 20.9. The molecule has 154 valence electrons. The van der Waals surface area contributed by atoms with Gasteiger partial charge in [-0.05, 0) is 51.0 Å². The molecular weight excluding hydrogens is 425 g/mol. The number of fused-ring (bicyclic) bond motifs is 1. The van der Waals surface area contributed by atoms with Crippen molar-refractivity contribution in [2.45, 2.75) is 63.6 Å². The first-order valence-electron chi connectivity index (χ1n) is 9.43. The van der Waals surface area contributed by atoms with Crippen LogP contribution in [0.25, 0.3) is 0 Å². The van der Waals surface area contributed by atoms with Gasteiger partial charge < -0.3 is 5.32 Å². The van der Waals surface area contributed by atoms with Crippen LogP contribution < -0.4 is 5.32 Å². The number of alkyl halides is 3. The van der Waals surface area contributed by atoms with E-state index in [1.807, 2.05) is 0 Å². The summed E-state index contributed by atoms with van der Waals surface area (Å²) in [5.74, 6) is -0.639. The largest absolute Gasteiger partial charge is 0.436 e. The van der Waals surface area contributed by atoms with Crippen molar-refractivity contribution in [1.29, 1.82) is 5.26 Å². The van der Waals surface area contributed by atoms with Gasteiger partial charge in [0.1, 0.15) is 17.1 Å². The molecule has 10 heteroatoms. The number of hydrogen-bond donors (Lipinski definition) is 1.